The van der Waals surface area contributed by atoms with Gasteiger partial charge in [-0.2, -0.15) is 0 Å². The van der Waals surface area contributed by atoms with Gasteiger partial charge in [0.25, 0.3) is 0 Å². The largest absolute Gasteiger partial charge is 0.357 e. The summed E-state index contributed by atoms with van der Waals surface area (Å²) in [6.45, 7) is 6.07. The summed E-state index contributed by atoms with van der Waals surface area (Å²) in [5.41, 5.74) is 0. The van der Waals surface area contributed by atoms with Crippen LogP contribution in [0.1, 0.15) is 37.5 Å². The third-order valence-electron chi connectivity index (χ3n) is 3.25. The lowest BCUT2D eigenvalue weighted by molar-refractivity contribution is 0.630. The smallest absolute Gasteiger partial charge is 0.191 e. The van der Waals surface area contributed by atoms with Gasteiger partial charge >= 0.3 is 0 Å². The van der Waals surface area contributed by atoms with Gasteiger partial charge in [0.15, 0.2) is 5.96 Å². The highest BCUT2D eigenvalue weighted by molar-refractivity contribution is 7.10. The van der Waals surface area contributed by atoms with Gasteiger partial charge in [-0.25, -0.2) is 0 Å². The van der Waals surface area contributed by atoms with Crippen LogP contribution in [0.4, 0.5) is 0 Å². The molecule has 0 saturated carbocycles. The maximum atomic E-state index is 4.71. The van der Waals surface area contributed by atoms with Crippen molar-refractivity contribution in [2.75, 3.05) is 13.1 Å². The van der Waals surface area contributed by atoms with Crippen LogP contribution in [0.5, 0.6) is 0 Å². The molecule has 0 aliphatic heterocycles. The van der Waals surface area contributed by atoms with Crippen LogP contribution in [0.2, 0.25) is 0 Å². The zero-order valence-electron chi connectivity index (χ0n) is 11.7. The molecule has 1 unspecified atom stereocenters. The molecule has 3 nitrogen and oxygen atoms in total. The zero-order chi connectivity index (χ0) is 13.5. The second-order valence-corrected chi connectivity index (χ2v) is 5.90. The first-order valence-electron chi connectivity index (χ1n) is 7.02. The number of guanidine groups is 1. The predicted molar refractivity (Wildman–Crippen MR) is 84.0 cm³/mol. The summed E-state index contributed by atoms with van der Waals surface area (Å²) in [4.78, 5) is 6.11. The van der Waals surface area contributed by atoms with Crippen molar-refractivity contribution in [3.8, 4) is 0 Å². The van der Waals surface area contributed by atoms with Crippen LogP contribution in [-0.2, 0) is 0 Å². The lowest BCUT2D eigenvalue weighted by atomic mass is 10.1. The molecular weight excluding hydrogens is 254 g/mol. The molecule has 0 fully saturated rings. The normalized spacial score (nSPS) is 17.7. The molecule has 0 aromatic carbocycles. The SMILES string of the molecule is CCNC(=NCC(C)c1cccs1)NC1CC=CC1. The van der Waals surface area contributed by atoms with E-state index >= 15 is 0 Å². The number of hydrogen-bond donors (Lipinski definition) is 2. The third-order valence-corrected chi connectivity index (χ3v) is 4.35. The van der Waals surface area contributed by atoms with E-state index in [0.29, 0.717) is 12.0 Å². The second-order valence-electron chi connectivity index (χ2n) is 4.92. The highest BCUT2D eigenvalue weighted by Crippen LogP contribution is 2.20. The second kappa shape index (κ2) is 7.34. The van der Waals surface area contributed by atoms with Crippen molar-refractivity contribution in [1.29, 1.82) is 0 Å². The van der Waals surface area contributed by atoms with E-state index in [1.807, 2.05) is 11.3 Å². The van der Waals surface area contributed by atoms with Gasteiger partial charge in [-0.3, -0.25) is 4.99 Å². The first-order valence-corrected chi connectivity index (χ1v) is 7.90. The minimum absolute atomic E-state index is 0.483. The Morgan fingerprint density at radius 2 is 2.26 bits per heavy atom. The summed E-state index contributed by atoms with van der Waals surface area (Å²) in [5.74, 6) is 1.43. The number of nitrogens with one attached hydrogen (secondary N) is 2. The van der Waals surface area contributed by atoms with Crippen LogP contribution >= 0.6 is 11.3 Å². The molecule has 104 valence electrons. The minimum atomic E-state index is 0.483. The molecule has 0 bridgehead atoms. The first kappa shape index (κ1) is 14.1. The fourth-order valence-corrected chi connectivity index (χ4v) is 2.92. The summed E-state index contributed by atoms with van der Waals surface area (Å²) < 4.78 is 0. The Kier molecular flexibility index (Phi) is 5.45. The summed E-state index contributed by atoms with van der Waals surface area (Å²) in [5, 5.41) is 8.95. The van der Waals surface area contributed by atoms with Crippen LogP contribution in [0.25, 0.3) is 0 Å². The molecule has 0 spiro atoms. The lowest BCUT2D eigenvalue weighted by Gasteiger charge is -2.17. The molecule has 0 radical (unpaired) electrons. The summed E-state index contributed by atoms with van der Waals surface area (Å²) >= 11 is 1.81. The van der Waals surface area contributed by atoms with Crippen molar-refractivity contribution in [2.24, 2.45) is 4.99 Å². The Hall–Kier alpha value is -1.29. The average Bonchev–Trinajstić information content (AvgIpc) is 3.08. The van der Waals surface area contributed by atoms with Gasteiger partial charge in [0.05, 0.1) is 6.54 Å². The highest BCUT2D eigenvalue weighted by Gasteiger charge is 2.12. The van der Waals surface area contributed by atoms with E-state index in [2.05, 4.69) is 54.1 Å². The maximum absolute atomic E-state index is 4.71. The summed E-state index contributed by atoms with van der Waals surface area (Å²) in [6, 6.07) is 4.80. The molecular formula is C15H23N3S. The van der Waals surface area contributed by atoms with Crippen molar-refractivity contribution < 1.29 is 0 Å². The van der Waals surface area contributed by atoms with Crippen LogP contribution in [0, 0.1) is 0 Å². The van der Waals surface area contributed by atoms with Gasteiger partial charge in [-0.1, -0.05) is 25.1 Å². The van der Waals surface area contributed by atoms with Crippen molar-refractivity contribution in [3.05, 3.63) is 34.5 Å². The Morgan fingerprint density at radius 3 is 2.89 bits per heavy atom. The fourth-order valence-electron chi connectivity index (χ4n) is 2.14. The van der Waals surface area contributed by atoms with Gasteiger partial charge in [0.1, 0.15) is 0 Å². The van der Waals surface area contributed by atoms with Gasteiger partial charge in [0, 0.05) is 23.4 Å². The van der Waals surface area contributed by atoms with Crippen molar-refractivity contribution >= 4 is 17.3 Å². The molecule has 19 heavy (non-hydrogen) atoms. The number of thiophene rings is 1. The van der Waals surface area contributed by atoms with E-state index in [9.17, 15) is 0 Å². The highest BCUT2D eigenvalue weighted by atomic mass is 32.1. The van der Waals surface area contributed by atoms with E-state index in [1.54, 1.807) is 0 Å². The Balaban J connectivity index is 1.88. The van der Waals surface area contributed by atoms with Crippen LogP contribution < -0.4 is 10.6 Å². The zero-order valence-corrected chi connectivity index (χ0v) is 12.5. The van der Waals surface area contributed by atoms with Crippen molar-refractivity contribution in [3.63, 3.8) is 0 Å². The minimum Gasteiger partial charge on any atom is -0.357 e. The fraction of sp³-hybridized carbons (Fsp3) is 0.533. The predicted octanol–water partition coefficient (Wildman–Crippen LogP) is 3.13. The Morgan fingerprint density at radius 1 is 1.47 bits per heavy atom. The maximum Gasteiger partial charge on any atom is 0.191 e. The van der Waals surface area contributed by atoms with Crippen molar-refractivity contribution in [2.45, 2.75) is 38.6 Å². The summed E-state index contributed by atoms with van der Waals surface area (Å²) in [7, 11) is 0. The first-order chi connectivity index (χ1) is 9.29. The van der Waals surface area contributed by atoms with Crippen LogP contribution in [-0.4, -0.2) is 25.1 Å². The molecule has 4 heteroatoms. The molecule has 1 aromatic rings. The van der Waals surface area contributed by atoms with Crippen LogP contribution in [0.3, 0.4) is 0 Å². The van der Waals surface area contributed by atoms with E-state index in [0.717, 1.165) is 31.9 Å². The van der Waals surface area contributed by atoms with E-state index in [4.69, 9.17) is 4.99 Å². The standard InChI is InChI=1S/C15H23N3S/c1-3-16-15(18-13-7-4-5-8-13)17-11-12(2)14-9-6-10-19-14/h4-6,9-10,12-13H,3,7-8,11H2,1-2H3,(H2,16,17,18). The number of nitrogens with zero attached hydrogens (tertiary/aromatic N) is 1. The Bertz CT molecular complexity index is 415. The molecule has 0 saturated heterocycles. The number of rotatable bonds is 5. The molecule has 2 N–H and O–H groups in total. The van der Waals surface area contributed by atoms with Crippen LogP contribution in [0.15, 0.2) is 34.7 Å². The third kappa shape index (κ3) is 4.39. The lowest BCUT2D eigenvalue weighted by Crippen LogP contribution is -2.42. The van der Waals surface area contributed by atoms with E-state index < -0.39 is 0 Å². The molecule has 1 atom stereocenters. The van der Waals surface area contributed by atoms with Gasteiger partial charge in [-0.05, 0) is 31.2 Å². The molecule has 2 rings (SSSR count). The molecule has 1 aliphatic carbocycles. The van der Waals surface area contributed by atoms with Gasteiger partial charge < -0.3 is 10.6 Å². The number of aliphatic imine (C=N–C) groups is 1. The molecule has 1 aromatic heterocycles. The topological polar surface area (TPSA) is 36.4 Å². The quantitative estimate of drug-likeness (QED) is 0.493. The Labute approximate surface area is 119 Å². The monoisotopic (exact) mass is 277 g/mol. The molecule has 1 aliphatic rings. The summed E-state index contributed by atoms with van der Waals surface area (Å²) in [6.07, 6.45) is 6.67. The van der Waals surface area contributed by atoms with Gasteiger partial charge in [-0.15, -0.1) is 11.3 Å². The van der Waals surface area contributed by atoms with Crippen molar-refractivity contribution in [1.82, 2.24) is 10.6 Å². The number of hydrogen-bond acceptors (Lipinski definition) is 2. The van der Waals surface area contributed by atoms with Gasteiger partial charge in [0.2, 0.25) is 0 Å². The van der Waals surface area contributed by atoms with E-state index in [-0.39, 0.29) is 0 Å². The average molecular weight is 277 g/mol. The molecule has 1 heterocycles. The van der Waals surface area contributed by atoms with E-state index in [1.165, 1.54) is 4.88 Å². The molecule has 0 amide bonds.